The molecule has 0 amide bonds. The number of rotatable bonds is 5. The molecule has 2 N–H and O–H groups in total. The molecule has 0 aliphatic carbocycles. The van der Waals surface area contributed by atoms with Crippen molar-refractivity contribution in [3.05, 3.63) is 18.5 Å². The number of aromatic nitrogens is 4. The molecular formula is C13H17N5O2. The summed E-state index contributed by atoms with van der Waals surface area (Å²) in [4.78, 5) is 16.4. The SMILES string of the molecule is CCOc1cncc(-c2nc(N)nc(OC(C)C)n2)c1. The summed E-state index contributed by atoms with van der Waals surface area (Å²) in [5.74, 6) is 1.16. The van der Waals surface area contributed by atoms with E-state index < -0.39 is 0 Å². The summed E-state index contributed by atoms with van der Waals surface area (Å²) >= 11 is 0. The van der Waals surface area contributed by atoms with Gasteiger partial charge in [-0.05, 0) is 26.8 Å². The highest BCUT2D eigenvalue weighted by Crippen LogP contribution is 2.21. The maximum absolute atomic E-state index is 5.68. The van der Waals surface area contributed by atoms with Gasteiger partial charge in [0, 0.05) is 11.8 Å². The summed E-state index contributed by atoms with van der Waals surface area (Å²) in [6.07, 6.45) is 3.22. The highest BCUT2D eigenvalue weighted by molar-refractivity contribution is 5.56. The lowest BCUT2D eigenvalue weighted by Crippen LogP contribution is -2.11. The number of nitrogen functional groups attached to an aromatic ring is 1. The van der Waals surface area contributed by atoms with E-state index in [2.05, 4.69) is 19.9 Å². The normalized spacial score (nSPS) is 10.6. The van der Waals surface area contributed by atoms with Crippen molar-refractivity contribution in [2.24, 2.45) is 0 Å². The lowest BCUT2D eigenvalue weighted by Gasteiger charge is -2.09. The van der Waals surface area contributed by atoms with Crippen molar-refractivity contribution >= 4 is 5.95 Å². The molecule has 106 valence electrons. The van der Waals surface area contributed by atoms with Crippen LogP contribution in [0.25, 0.3) is 11.4 Å². The minimum Gasteiger partial charge on any atom is -0.492 e. The molecule has 2 aromatic heterocycles. The fourth-order valence-corrected chi connectivity index (χ4v) is 1.55. The van der Waals surface area contributed by atoms with Crippen molar-refractivity contribution in [3.8, 4) is 23.1 Å². The van der Waals surface area contributed by atoms with E-state index in [9.17, 15) is 0 Å². The average molecular weight is 275 g/mol. The van der Waals surface area contributed by atoms with Gasteiger partial charge < -0.3 is 15.2 Å². The van der Waals surface area contributed by atoms with Gasteiger partial charge in [-0.3, -0.25) is 4.98 Å². The third-order valence-electron chi connectivity index (χ3n) is 2.26. The monoisotopic (exact) mass is 275 g/mol. The highest BCUT2D eigenvalue weighted by atomic mass is 16.5. The Morgan fingerprint density at radius 1 is 1.20 bits per heavy atom. The summed E-state index contributed by atoms with van der Waals surface area (Å²) in [7, 11) is 0. The fraction of sp³-hybridized carbons (Fsp3) is 0.385. The van der Waals surface area contributed by atoms with Gasteiger partial charge in [0.15, 0.2) is 5.82 Å². The van der Waals surface area contributed by atoms with E-state index in [-0.39, 0.29) is 18.1 Å². The van der Waals surface area contributed by atoms with Gasteiger partial charge in [-0.15, -0.1) is 0 Å². The molecular weight excluding hydrogens is 258 g/mol. The van der Waals surface area contributed by atoms with Crippen LogP contribution in [0.15, 0.2) is 18.5 Å². The first-order chi connectivity index (χ1) is 9.58. The van der Waals surface area contributed by atoms with Crippen LogP contribution in [0.3, 0.4) is 0 Å². The third kappa shape index (κ3) is 3.53. The van der Waals surface area contributed by atoms with Gasteiger partial charge >= 0.3 is 6.01 Å². The Bertz CT molecular complexity index is 589. The number of hydrogen-bond donors (Lipinski definition) is 1. The minimum absolute atomic E-state index is 0.0439. The van der Waals surface area contributed by atoms with E-state index in [0.717, 1.165) is 0 Å². The van der Waals surface area contributed by atoms with Crippen LogP contribution in [-0.2, 0) is 0 Å². The molecule has 2 heterocycles. The quantitative estimate of drug-likeness (QED) is 0.887. The standard InChI is InChI=1S/C13H17N5O2/c1-4-19-10-5-9(6-15-7-10)11-16-12(14)18-13(17-11)20-8(2)3/h5-8H,4H2,1-3H3,(H2,14,16,17,18). The summed E-state index contributed by atoms with van der Waals surface area (Å²) in [6.45, 7) is 6.24. The maximum atomic E-state index is 5.68. The molecule has 0 saturated carbocycles. The molecule has 2 aromatic rings. The Morgan fingerprint density at radius 3 is 2.70 bits per heavy atom. The molecule has 0 saturated heterocycles. The van der Waals surface area contributed by atoms with Gasteiger partial charge in [0.25, 0.3) is 0 Å². The van der Waals surface area contributed by atoms with Gasteiger partial charge in [-0.25, -0.2) is 0 Å². The summed E-state index contributed by atoms with van der Waals surface area (Å²) in [5.41, 5.74) is 6.37. The molecule has 20 heavy (non-hydrogen) atoms. The molecule has 0 spiro atoms. The summed E-state index contributed by atoms with van der Waals surface area (Å²) < 4.78 is 10.8. The van der Waals surface area contributed by atoms with Crippen LogP contribution < -0.4 is 15.2 Å². The minimum atomic E-state index is -0.0439. The zero-order chi connectivity index (χ0) is 14.5. The van der Waals surface area contributed by atoms with Gasteiger partial charge in [-0.2, -0.15) is 15.0 Å². The van der Waals surface area contributed by atoms with Crippen molar-refractivity contribution in [2.75, 3.05) is 12.3 Å². The van der Waals surface area contributed by atoms with E-state index >= 15 is 0 Å². The molecule has 0 unspecified atom stereocenters. The smallest absolute Gasteiger partial charge is 0.322 e. The Labute approximate surface area is 117 Å². The number of hydrogen-bond acceptors (Lipinski definition) is 7. The van der Waals surface area contributed by atoms with Crippen LogP contribution in [0.5, 0.6) is 11.8 Å². The first-order valence-corrected chi connectivity index (χ1v) is 6.35. The Balaban J connectivity index is 2.36. The van der Waals surface area contributed by atoms with Crippen LogP contribution in [-0.4, -0.2) is 32.6 Å². The van der Waals surface area contributed by atoms with Gasteiger partial charge in [0.2, 0.25) is 5.95 Å². The van der Waals surface area contributed by atoms with E-state index in [1.165, 1.54) is 0 Å². The number of nitrogens with zero attached hydrogens (tertiary/aromatic N) is 4. The number of ether oxygens (including phenoxy) is 2. The van der Waals surface area contributed by atoms with Crippen molar-refractivity contribution in [2.45, 2.75) is 26.9 Å². The average Bonchev–Trinajstić information content (AvgIpc) is 2.38. The van der Waals surface area contributed by atoms with Crippen LogP contribution in [0.4, 0.5) is 5.95 Å². The number of nitrogens with two attached hydrogens (primary N) is 1. The fourth-order valence-electron chi connectivity index (χ4n) is 1.55. The predicted molar refractivity (Wildman–Crippen MR) is 74.4 cm³/mol. The van der Waals surface area contributed by atoms with E-state index in [1.807, 2.05) is 20.8 Å². The zero-order valence-corrected chi connectivity index (χ0v) is 11.7. The molecule has 0 aliphatic rings. The van der Waals surface area contributed by atoms with Crippen molar-refractivity contribution in [1.29, 1.82) is 0 Å². The number of anilines is 1. The second-order valence-corrected chi connectivity index (χ2v) is 4.31. The third-order valence-corrected chi connectivity index (χ3v) is 2.26. The highest BCUT2D eigenvalue weighted by Gasteiger charge is 2.10. The first-order valence-electron chi connectivity index (χ1n) is 6.35. The molecule has 2 rings (SSSR count). The molecule has 0 fully saturated rings. The summed E-state index contributed by atoms with van der Waals surface area (Å²) in [6, 6.07) is 1.99. The Hall–Kier alpha value is -2.44. The lowest BCUT2D eigenvalue weighted by molar-refractivity contribution is 0.222. The van der Waals surface area contributed by atoms with Gasteiger partial charge in [0.05, 0.1) is 18.9 Å². The molecule has 0 radical (unpaired) electrons. The van der Waals surface area contributed by atoms with Crippen molar-refractivity contribution in [1.82, 2.24) is 19.9 Å². The zero-order valence-electron chi connectivity index (χ0n) is 11.7. The summed E-state index contributed by atoms with van der Waals surface area (Å²) in [5, 5.41) is 0. The van der Waals surface area contributed by atoms with E-state index in [1.54, 1.807) is 18.5 Å². The molecule has 7 heteroatoms. The van der Waals surface area contributed by atoms with Crippen molar-refractivity contribution in [3.63, 3.8) is 0 Å². The molecule has 0 bridgehead atoms. The second-order valence-electron chi connectivity index (χ2n) is 4.31. The van der Waals surface area contributed by atoms with Crippen LogP contribution in [0.2, 0.25) is 0 Å². The largest absolute Gasteiger partial charge is 0.492 e. The lowest BCUT2D eigenvalue weighted by atomic mass is 10.2. The van der Waals surface area contributed by atoms with Gasteiger partial charge in [0.1, 0.15) is 5.75 Å². The van der Waals surface area contributed by atoms with Gasteiger partial charge in [-0.1, -0.05) is 0 Å². The molecule has 0 aliphatic heterocycles. The molecule has 0 atom stereocenters. The second kappa shape index (κ2) is 6.14. The van der Waals surface area contributed by atoms with Crippen molar-refractivity contribution < 1.29 is 9.47 Å². The first kappa shape index (κ1) is 14.0. The van der Waals surface area contributed by atoms with Crippen LogP contribution in [0.1, 0.15) is 20.8 Å². The Kier molecular flexibility index (Phi) is 4.29. The maximum Gasteiger partial charge on any atom is 0.322 e. The Morgan fingerprint density at radius 2 is 2.00 bits per heavy atom. The molecule has 7 nitrogen and oxygen atoms in total. The number of pyridine rings is 1. The van der Waals surface area contributed by atoms with E-state index in [4.69, 9.17) is 15.2 Å². The topological polar surface area (TPSA) is 96.0 Å². The van der Waals surface area contributed by atoms with Crippen LogP contribution >= 0.6 is 0 Å². The predicted octanol–water partition coefficient (Wildman–Crippen LogP) is 1.70. The molecule has 0 aromatic carbocycles. The van der Waals surface area contributed by atoms with Crippen LogP contribution in [0, 0.1) is 0 Å². The van der Waals surface area contributed by atoms with E-state index in [0.29, 0.717) is 23.7 Å².